The number of thiazole rings is 1. The maximum absolute atomic E-state index is 8.76. The number of nitrogens with zero attached hydrogens (tertiary/aromatic N) is 2. The van der Waals surface area contributed by atoms with Crippen LogP contribution in [0.5, 0.6) is 0 Å². The zero-order valence-corrected chi connectivity index (χ0v) is 11.7. The molecular weight excluding hydrogens is 236 g/mol. The molecule has 0 saturated heterocycles. The molecule has 4 nitrogen and oxygen atoms in total. The molecule has 0 fully saturated rings. The molecule has 0 amide bonds. The highest BCUT2D eigenvalue weighted by molar-refractivity contribution is 7.09. The summed E-state index contributed by atoms with van der Waals surface area (Å²) >= 11 is 1.65. The van der Waals surface area contributed by atoms with E-state index in [1.54, 1.807) is 11.3 Å². The number of ether oxygens (including phenoxy) is 1. The van der Waals surface area contributed by atoms with E-state index in [0.29, 0.717) is 6.61 Å². The van der Waals surface area contributed by atoms with Crippen LogP contribution in [0.15, 0.2) is 5.38 Å². The van der Waals surface area contributed by atoms with Gasteiger partial charge in [0.05, 0.1) is 5.69 Å². The van der Waals surface area contributed by atoms with Crippen LogP contribution in [-0.4, -0.2) is 41.8 Å². The van der Waals surface area contributed by atoms with Crippen LogP contribution in [-0.2, 0) is 11.3 Å². The molecule has 0 bridgehead atoms. The lowest BCUT2D eigenvalue weighted by atomic mass is 10.3. The highest BCUT2D eigenvalue weighted by Gasteiger charge is 2.11. The third kappa shape index (κ3) is 5.12. The molecular formula is C12H22N2O2S. The molecule has 1 atom stereocenters. The van der Waals surface area contributed by atoms with E-state index in [4.69, 9.17) is 9.84 Å². The lowest BCUT2D eigenvalue weighted by molar-refractivity contribution is 0.0760. The predicted molar refractivity (Wildman–Crippen MR) is 70.2 cm³/mol. The Morgan fingerprint density at radius 3 is 3.00 bits per heavy atom. The van der Waals surface area contributed by atoms with E-state index in [9.17, 15) is 0 Å². The second-order valence-electron chi connectivity index (χ2n) is 4.09. The van der Waals surface area contributed by atoms with Gasteiger partial charge in [0, 0.05) is 31.7 Å². The van der Waals surface area contributed by atoms with Crippen LogP contribution in [0, 0.1) is 0 Å². The van der Waals surface area contributed by atoms with Gasteiger partial charge in [0.2, 0.25) is 0 Å². The third-order valence-electron chi connectivity index (χ3n) is 2.46. The van der Waals surface area contributed by atoms with Crippen molar-refractivity contribution < 1.29 is 9.84 Å². The Bertz CT molecular complexity index is 317. The van der Waals surface area contributed by atoms with Crippen LogP contribution in [0.4, 0.5) is 0 Å². The lowest BCUT2D eigenvalue weighted by Crippen LogP contribution is -2.20. The summed E-state index contributed by atoms with van der Waals surface area (Å²) in [6, 6.07) is 0. The summed E-state index contributed by atoms with van der Waals surface area (Å²) < 4.78 is 5.51. The molecule has 1 rings (SSSR count). The van der Waals surface area contributed by atoms with Crippen molar-refractivity contribution in [2.45, 2.75) is 32.9 Å². The Hall–Kier alpha value is -0.490. The van der Waals surface area contributed by atoms with Gasteiger partial charge in [-0.15, -0.1) is 11.3 Å². The van der Waals surface area contributed by atoms with Crippen molar-refractivity contribution in [3.63, 3.8) is 0 Å². The fourth-order valence-electron chi connectivity index (χ4n) is 1.60. The minimum atomic E-state index is 0.0847. The Morgan fingerprint density at radius 2 is 2.35 bits per heavy atom. The average Bonchev–Trinajstić information content (AvgIpc) is 2.75. The molecule has 0 aliphatic rings. The number of hydrogen-bond acceptors (Lipinski definition) is 5. The largest absolute Gasteiger partial charge is 0.396 e. The number of rotatable bonds is 8. The van der Waals surface area contributed by atoms with Crippen LogP contribution in [0.25, 0.3) is 0 Å². The van der Waals surface area contributed by atoms with E-state index < -0.39 is 0 Å². The first kappa shape index (κ1) is 14.6. The van der Waals surface area contributed by atoms with Gasteiger partial charge < -0.3 is 14.7 Å². The minimum Gasteiger partial charge on any atom is -0.396 e. The number of aliphatic hydroxyl groups excluding tert-OH is 1. The molecule has 0 aromatic carbocycles. The second kappa shape index (κ2) is 7.76. The van der Waals surface area contributed by atoms with Gasteiger partial charge in [0.15, 0.2) is 0 Å². The second-order valence-corrected chi connectivity index (χ2v) is 4.98. The molecule has 0 radical (unpaired) electrons. The van der Waals surface area contributed by atoms with Gasteiger partial charge in [-0.2, -0.15) is 0 Å². The van der Waals surface area contributed by atoms with E-state index >= 15 is 0 Å². The molecule has 1 aromatic heterocycles. The highest BCUT2D eigenvalue weighted by Crippen LogP contribution is 2.21. The molecule has 1 aromatic rings. The molecule has 0 aliphatic heterocycles. The van der Waals surface area contributed by atoms with Crippen molar-refractivity contribution in [2.75, 3.05) is 26.8 Å². The molecule has 5 heteroatoms. The summed E-state index contributed by atoms with van der Waals surface area (Å²) in [5.74, 6) is 0. The summed E-state index contributed by atoms with van der Waals surface area (Å²) in [6.07, 6.45) is 0.893. The van der Waals surface area contributed by atoms with Crippen molar-refractivity contribution in [1.82, 2.24) is 9.88 Å². The van der Waals surface area contributed by atoms with Crippen LogP contribution in [0.1, 0.15) is 37.1 Å². The smallest absolute Gasteiger partial charge is 0.122 e. The van der Waals surface area contributed by atoms with Gasteiger partial charge in [0.1, 0.15) is 11.1 Å². The van der Waals surface area contributed by atoms with E-state index in [1.807, 2.05) is 20.9 Å². The fraction of sp³-hybridized carbons (Fsp3) is 0.750. The van der Waals surface area contributed by atoms with Crippen LogP contribution < -0.4 is 0 Å². The average molecular weight is 258 g/mol. The zero-order valence-electron chi connectivity index (χ0n) is 10.8. The van der Waals surface area contributed by atoms with Gasteiger partial charge in [-0.1, -0.05) is 0 Å². The van der Waals surface area contributed by atoms with Crippen LogP contribution >= 0.6 is 11.3 Å². The van der Waals surface area contributed by atoms with Gasteiger partial charge >= 0.3 is 0 Å². The van der Waals surface area contributed by atoms with E-state index in [-0.39, 0.29) is 12.7 Å². The van der Waals surface area contributed by atoms with Crippen LogP contribution in [0.3, 0.4) is 0 Å². The molecule has 1 heterocycles. The third-order valence-corrected chi connectivity index (χ3v) is 3.52. The summed E-state index contributed by atoms with van der Waals surface area (Å²) in [5, 5.41) is 11.9. The standard InChI is InChI=1S/C12H22N2O2S/c1-4-16-10(2)12-13-11(9-17-12)8-14(3)6-5-7-15/h9-10,15H,4-8H2,1-3H3. The summed E-state index contributed by atoms with van der Waals surface area (Å²) in [7, 11) is 2.04. The quantitative estimate of drug-likeness (QED) is 0.775. The molecule has 1 N–H and O–H groups in total. The van der Waals surface area contributed by atoms with Gasteiger partial charge in [0.25, 0.3) is 0 Å². The first-order valence-corrected chi connectivity index (χ1v) is 6.90. The van der Waals surface area contributed by atoms with E-state index in [2.05, 4.69) is 15.3 Å². The molecule has 0 aliphatic carbocycles. The molecule has 98 valence electrons. The van der Waals surface area contributed by atoms with E-state index in [1.165, 1.54) is 0 Å². The van der Waals surface area contributed by atoms with Crippen molar-refractivity contribution in [2.24, 2.45) is 0 Å². The van der Waals surface area contributed by atoms with Crippen molar-refractivity contribution in [3.05, 3.63) is 16.1 Å². The van der Waals surface area contributed by atoms with Crippen molar-refractivity contribution >= 4 is 11.3 Å². The number of aromatic nitrogens is 1. The lowest BCUT2D eigenvalue weighted by Gasteiger charge is -2.14. The predicted octanol–water partition coefficient (Wildman–Crippen LogP) is 2.05. The van der Waals surface area contributed by atoms with Crippen LogP contribution in [0.2, 0.25) is 0 Å². The SMILES string of the molecule is CCOC(C)c1nc(CN(C)CCCO)cs1. The zero-order chi connectivity index (χ0) is 12.7. The molecule has 0 saturated carbocycles. The van der Waals surface area contributed by atoms with Crippen molar-refractivity contribution in [3.8, 4) is 0 Å². The summed E-state index contributed by atoms with van der Waals surface area (Å²) in [6.45, 7) is 6.70. The maximum Gasteiger partial charge on any atom is 0.122 e. The van der Waals surface area contributed by atoms with E-state index in [0.717, 1.165) is 30.2 Å². The number of hydrogen-bond donors (Lipinski definition) is 1. The highest BCUT2D eigenvalue weighted by atomic mass is 32.1. The normalized spacial score (nSPS) is 13.2. The Kier molecular flexibility index (Phi) is 6.65. The molecule has 1 unspecified atom stereocenters. The number of aliphatic hydroxyl groups is 1. The van der Waals surface area contributed by atoms with Gasteiger partial charge in [-0.25, -0.2) is 4.98 Å². The topological polar surface area (TPSA) is 45.6 Å². The first-order valence-electron chi connectivity index (χ1n) is 6.02. The Labute approximate surface area is 107 Å². The molecule has 17 heavy (non-hydrogen) atoms. The fourth-order valence-corrected chi connectivity index (χ4v) is 2.41. The summed E-state index contributed by atoms with van der Waals surface area (Å²) in [4.78, 5) is 6.73. The minimum absolute atomic E-state index is 0.0847. The van der Waals surface area contributed by atoms with Gasteiger partial charge in [-0.05, 0) is 27.3 Å². The summed E-state index contributed by atoms with van der Waals surface area (Å²) in [5.41, 5.74) is 1.08. The monoisotopic (exact) mass is 258 g/mol. The Morgan fingerprint density at radius 1 is 1.59 bits per heavy atom. The Balaban J connectivity index is 2.44. The first-order chi connectivity index (χ1) is 8.17. The van der Waals surface area contributed by atoms with Crippen molar-refractivity contribution in [1.29, 1.82) is 0 Å². The maximum atomic E-state index is 8.76. The van der Waals surface area contributed by atoms with Gasteiger partial charge in [-0.3, -0.25) is 0 Å². The molecule has 0 spiro atoms.